The normalized spacial score (nSPS) is 9.87. The molecule has 1 rings (SSSR count). The third-order valence-electron chi connectivity index (χ3n) is 1.67. The molecule has 0 aliphatic heterocycles. The summed E-state index contributed by atoms with van der Waals surface area (Å²) in [6, 6.07) is 2.87. The first-order valence-electron chi connectivity index (χ1n) is 4.19. The number of hydrogen-bond donors (Lipinski definition) is 1. The highest BCUT2D eigenvalue weighted by Crippen LogP contribution is 2.17. The lowest BCUT2D eigenvalue weighted by Crippen LogP contribution is -2.11. The molecule has 82 valence electrons. The lowest BCUT2D eigenvalue weighted by Gasteiger charge is -2.21. The van der Waals surface area contributed by atoms with Gasteiger partial charge in [0.25, 0.3) is 0 Å². The van der Waals surface area contributed by atoms with Crippen LogP contribution < -0.4 is 5.23 Å². The van der Waals surface area contributed by atoms with E-state index < -0.39 is 17.0 Å². The molecule has 0 radical (unpaired) electrons. The first kappa shape index (κ1) is 11.4. The molecule has 1 aromatic rings. The van der Waals surface area contributed by atoms with Gasteiger partial charge in [-0.15, -0.1) is 0 Å². The van der Waals surface area contributed by atoms with Crippen LogP contribution in [-0.2, 0) is 4.74 Å². The van der Waals surface area contributed by atoms with Crippen LogP contribution in [0.3, 0.4) is 0 Å². The summed E-state index contributed by atoms with van der Waals surface area (Å²) in [5.74, 6) is -1.68. The molecule has 0 saturated carbocycles. The lowest BCUT2D eigenvalue weighted by molar-refractivity contribution is 0.0521. The molecule has 0 spiro atoms. The van der Waals surface area contributed by atoms with E-state index in [4.69, 9.17) is 5.21 Å². The molecule has 0 unspecified atom stereocenters. The van der Waals surface area contributed by atoms with Crippen LogP contribution in [-0.4, -0.2) is 17.8 Å². The Balaban J connectivity index is 3.05. The first-order valence-corrected chi connectivity index (χ1v) is 4.19. The van der Waals surface area contributed by atoms with Gasteiger partial charge in [0.2, 0.25) is 0 Å². The smallest absolute Gasteiger partial charge is 0.341 e. The summed E-state index contributed by atoms with van der Waals surface area (Å²) in [4.78, 5) is 11.2. The molecule has 0 atom stereocenters. The van der Waals surface area contributed by atoms with Gasteiger partial charge in [-0.1, -0.05) is 0 Å². The van der Waals surface area contributed by atoms with Gasteiger partial charge in [0.15, 0.2) is 0 Å². The predicted molar refractivity (Wildman–Crippen MR) is 50.0 cm³/mol. The second kappa shape index (κ2) is 4.72. The third kappa shape index (κ3) is 2.64. The van der Waals surface area contributed by atoms with Crippen molar-refractivity contribution in [2.75, 3.05) is 11.8 Å². The van der Waals surface area contributed by atoms with Crippen molar-refractivity contribution < 1.29 is 19.1 Å². The standard InChI is InChI=1S/C9H9FNO4/c1-2-15-9(12)7-5-6(11(13)14)3-4-8(7)10/h3-5,13H,2H2,1H3/q-1. The van der Waals surface area contributed by atoms with E-state index >= 15 is 0 Å². The molecule has 1 N–H and O–H groups in total. The van der Waals surface area contributed by atoms with Crippen LogP contribution in [0, 0.1) is 11.0 Å². The highest BCUT2D eigenvalue weighted by atomic mass is 19.1. The van der Waals surface area contributed by atoms with Gasteiger partial charge in [0, 0.05) is 0 Å². The fourth-order valence-corrected chi connectivity index (χ4v) is 0.998. The van der Waals surface area contributed by atoms with Gasteiger partial charge >= 0.3 is 5.97 Å². The fraction of sp³-hybridized carbons (Fsp3) is 0.222. The van der Waals surface area contributed by atoms with E-state index in [0.29, 0.717) is 0 Å². The van der Waals surface area contributed by atoms with E-state index in [1.807, 2.05) is 0 Å². The molecule has 5 nitrogen and oxygen atoms in total. The predicted octanol–water partition coefficient (Wildman–Crippen LogP) is 1.70. The number of halogens is 1. The minimum atomic E-state index is -0.876. The molecule has 0 saturated heterocycles. The van der Waals surface area contributed by atoms with Crippen molar-refractivity contribution in [3.05, 3.63) is 34.8 Å². The maximum Gasteiger partial charge on any atom is 0.341 e. The molecule has 0 bridgehead atoms. The van der Waals surface area contributed by atoms with E-state index in [9.17, 15) is 14.4 Å². The number of carbonyl (C=O) groups excluding carboxylic acids is 1. The largest absolute Gasteiger partial charge is 0.733 e. The summed E-state index contributed by atoms with van der Waals surface area (Å²) < 4.78 is 17.7. The summed E-state index contributed by atoms with van der Waals surface area (Å²) in [5.41, 5.74) is -0.622. The Hall–Kier alpha value is -1.66. The van der Waals surface area contributed by atoms with Crippen LogP contribution in [0.4, 0.5) is 10.1 Å². The molecule has 15 heavy (non-hydrogen) atoms. The Morgan fingerprint density at radius 3 is 2.87 bits per heavy atom. The van der Waals surface area contributed by atoms with E-state index in [2.05, 4.69) is 4.74 Å². The van der Waals surface area contributed by atoms with E-state index in [1.54, 1.807) is 6.92 Å². The minimum absolute atomic E-state index is 0.0999. The van der Waals surface area contributed by atoms with Crippen molar-refractivity contribution in [2.24, 2.45) is 0 Å². The minimum Gasteiger partial charge on any atom is -0.733 e. The van der Waals surface area contributed by atoms with Gasteiger partial charge < -0.3 is 15.2 Å². The van der Waals surface area contributed by atoms with Crippen LogP contribution in [0.15, 0.2) is 18.2 Å². The van der Waals surface area contributed by atoms with E-state index in [-0.39, 0.29) is 17.9 Å². The van der Waals surface area contributed by atoms with Gasteiger partial charge in [-0.2, -0.15) is 0 Å². The molecule has 0 amide bonds. The first-order chi connectivity index (χ1) is 7.06. The zero-order valence-corrected chi connectivity index (χ0v) is 7.94. The van der Waals surface area contributed by atoms with Crippen molar-refractivity contribution in [1.29, 1.82) is 0 Å². The van der Waals surface area contributed by atoms with Crippen molar-refractivity contribution in [3.8, 4) is 0 Å². The third-order valence-corrected chi connectivity index (χ3v) is 1.67. The maximum absolute atomic E-state index is 13.1. The van der Waals surface area contributed by atoms with Crippen LogP contribution in [0.25, 0.3) is 0 Å². The summed E-state index contributed by atoms with van der Waals surface area (Å²) in [5, 5.41) is 18.6. The summed E-state index contributed by atoms with van der Waals surface area (Å²) in [7, 11) is 0. The zero-order valence-electron chi connectivity index (χ0n) is 7.94. The number of benzene rings is 1. The lowest BCUT2D eigenvalue weighted by atomic mass is 10.2. The van der Waals surface area contributed by atoms with Crippen LogP contribution in [0.1, 0.15) is 17.3 Å². The van der Waals surface area contributed by atoms with Gasteiger partial charge in [0.1, 0.15) is 5.82 Å². The fourth-order valence-electron chi connectivity index (χ4n) is 0.998. The molecule has 0 heterocycles. The number of nitrogens with zero attached hydrogens (tertiary/aromatic N) is 1. The second-order valence-electron chi connectivity index (χ2n) is 2.66. The van der Waals surface area contributed by atoms with E-state index in [0.717, 1.165) is 18.2 Å². The van der Waals surface area contributed by atoms with Crippen LogP contribution in [0.5, 0.6) is 0 Å². The topological polar surface area (TPSA) is 72.8 Å². The van der Waals surface area contributed by atoms with Crippen molar-refractivity contribution in [1.82, 2.24) is 0 Å². The highest BCUT2D eigenvalue weighted by Gasteiger charge is 2.13. The Bertz CT molecular complexity index is 367. The summed E-state index contributed by atoms with van der Waals surface area (Å²) >= 11 is 0. The van der Waals surface area contributed by atoms with Crippen molar-refractivity contribution >= 4 is 11.7 Å². The van der Waals surface area contributed by atoms with Gasteiger partial charge in [-0.05, 0) is 25.1 Å². The highest BCUT2D eigenvalue weighted by molar-refractivity contribution is 5.90. The number of rotatable bonds is 3. The number of esters is 1. The Morgan fingerprint density at radius 2 is 2.33 bits per heavy atom. The number of hydrogen-bond acceptors (Lipinski definition) is 5. The number of anilines is 1. The van der Waals surface area contributed by atoms with Crippen molar-refractivity contribution in [2.45, 2.75) is 6.92 Å². The average Bonchev–Trinajstić information content (AvgIpc) is 2.18. The van der Waals surface area contributed by atoms with E-state index in [1.165, 1.54) is 0 Å². The Kier molecular flexibility index (Phi) is 3.59. The molecule has 0 aromatic heterocycles. The SMILES string of the molecule is CCOC(=O)c1cc(N([O-])O)ccc1F. The number of ether oxygens (including phenoxy) is 1. The molecule has 1 aromatic carbocycles. The summed E-state index contributed by atoms with van der Waals surface area (Å²) in [6.07, 6.45) is 0. The Labute approximate surface area is 85.2 Å². The molecular weight excluding hydrogens is 205 g/mol. The van der Waals surface area contributed by atoms with Crippen molar-refractivity contribution in [3.63, 3.8) is 0 Å². The average molecular weight is 214 g/mol. The molecular formula is C9H9FNO4-. The molecule has 6 heteroatoms. The number of carbonyl (C=O) groups is 1. The Morgan fingerprint density at radius 1 is 1.67 bits per heavy atom. The maximum atomic E-state index is 13.1. The second-order valence-corrected chi connectivity index (χ2v) is 2.66. The van der Waals surface area contributed by atoms with Gasteiger partial charge in [-0.3, -0.25) is 5.21 Å². The summed E-state index contributed by atoms with van der Waals surface area (Å²) in [6.45, 7) is 1.67. The molecule has 0 aliphatic rings. The monoisotopic (exact) mass is 214 g/mol. The van der Waals surface area contributed by atoms with Gasteiger partial charge in [0.05, 0.1) is 17.9 Å². The van der Waals surface area contributed by atoms with Gasteiger partial charge in [-0.25, -0.2) is 9.18 Å². The van der Waals surface area contributed by atoms with Crippen LogP contribution in [0.2, 0.25) is 0 Å². The quantitative estimate of drug-likeness (QED) is 0.612. The molecule has 0 fully saturated rings. The zero-order chi connectivity index (χ0) is 11.4. The molecule has 0 aliphatic carbocycles. The van der Waals surface area contributed by atoms with Crippen LogP contribution >= 0.6 is 0 Å².